The molecule has 120 valence electrons. The molecule has 1 fully saturated rings. The van der Waals surface area contributed by atoms with Crippen LogP contribution in [-0.2, 0) is 20.9 Å². The van der Waals surface area contributed by atoms with Gasteiger partial charge < -0.3 is 19.5 Å². The molecule has 1 N–H and O–H groups in total. The van der Waals surface area contributed by atoms with Crippen molar-refractivity contribution >= 4 is 12.1 Å². The fraction of sp³-hybridized carbons (Fsp3) is 0.500. The predicted molar refractivity (Wildman–Crippen MR) is 79.4 cm³/mol. The Bertz CT molecular complexity index is 505. The Kier molecular flexibility index (Phi) is 5.77. The van der Waals surface area contributed by atoms with Gasteiger partial charge in [0.2, 0.25) is 0 Å². The first-order valence-electron chi connectivity index (χ1n) is 7.31. The largest absolute Gasteiger partial charge is 0.481 e. The van der Waals surface area contributed by atoms with Gasteiger partial charge in [-0.05, 0) is 18.4 Å². The van der Waals surface area contributed by atoms with Crippen molar-refractivity contribution in [1.29, 1.82) is 0 Å². The van der Waals surface area contributed by atoms with Crippen molar-refractivity contribution in [2.24, 2.45) is 5.92 Å². The van der Waals surface area contributed by atoms with Crippen LogP contribution in [0.2, 0.25) is 0 Å². The number of hydrogen-bond acceptors (Lipinski definition) is 4. The minimum atomic E-state index is -0.878. The molecule has 1 aromatic carbocycles. The summed E-state index contributed by atoms with van der Waals surface area (Å²) in [5.74, 6) is -1.42. The summed E-state index contributed by atoms with van der Waals surface area (Å²) >= 11 is 0. The summed E-state index contributed by atoms with van der Waals surface area (Å²) in [5, 5.41) is 9.15. The lowest BCUT2D eigenvalue weighted by atomic mass is 9.93. The zero-order valence-corrected chi connectivity index (χ0v) is 12.6. The van der Waals surface area contributed by atoms with E-state index < -0.39 is 18.0 Å². The molecule has 0 spiro atoms. The van der Waals surface area contributed by atoms with Crippen LogP contribution in [0.1, 0.15) is 18.4 Å². The summed E-state index contributed by atoms with van der Waals surface area (Å²) in [6, 6.07) is 9.24. The smallest absolute Gasteiger partial charge is 0.410 e. The van der Waals surface area contributed by atoms with Crippen molar-refractivity contribution in [3.63, 3.8) is 0 Å². The third kappa shape index (κ3) is 4.21. The number of nitrogens with zero attached hydrogens (tertiary/aromatic N) is 1. The van der Waals surface area contributed by atoms with Crippen molar-refractivity contribution in [2.75, 3.05) is 20.3 Å². The van der Waals surface area contributed by atoms with Gasteiger partial charge in [0.25, 0.3) is 0 Å². The average Bonchev–Trinajstić information content (AvgIpc) is 2.54. The van der Waals surface area contributed by atoms with E-state index >= 15 is 0 Å². The Labute approximate surface area is 129 Å². The molecule has 2 unspecified atom stereocenters. The number of amides is 1. The molecule has 1 saturated heterocycles. The summed E-state index contributed by atoms with van der Waals surface area (Å²) in [7, 11) is 1.57. The zero-order valence-electron chi connectivity index (χ0n) is 12.6. The third-order valence-electron chi connectivity index (χ3n) is 3.85. The topological polar surface area (TPSA) is 76.1 Å². The molecule has 1 aliphatic heterocycles. The highest BCUT2D eigenvalue weighted by Gasteiger charge is 2.35. The molecule has 22 heavy (non-hydrogen) atoms. The van der Waals surface area contributed by atoms with Gasteiger partial charge in [0.05, 0.1) is 18.6 Å². The van der Waals surface area contributed by atoms with Crippen LogP contribution in [0.15, 0.2) is 30.3 Å². The Morgan fingerprint density at radius 3 is 2.64 bits per heavy atom. The molecule has 0 aromatic heterocycles. The number of carbonyl (C=O) groups excluding carboxylic acids is 1. The third-order valence-corrected chi connectivity index (χ3v) is 3.85. The fourth-order valence-electron chi connectivity index (χ4n) is 2.62. The van der Waals surface area contributed by atoms with Gasteiger partial charge in [-0.2, -0.15) is 0 Å². The number of hydrogen-bond donors (Lipinski definition) is 1. The van der Waals surface area contributed by atoms with Crippen molar-refractivity contribution in [1.82, 2.24) is 4.90 Å². The molecule has 0 bridgehead atoms. The van der Waals surface area contributed by atoms with Gasteiger partial charge in [0.15, 0.2) is 0 Å². The lowest BCUT2D eigenvalue weighted by molar-refractivity contribution is -0.144. The minimum absolute atomic E-state index is 0.135. The van der Waals surface area contributed by atoms with E-state index in [0.29, 0.717) is 19.4 Å². The van der Waals surface area contributed by atoms with Crippen LogP contribution in [-0.4, -0.2) is 48.4 Å². The molecule has 2 atom stereocenters. The maximum atomic E-state index is 12.3. The van der Waals surface area contributed by atoms with Crippen LogP contribution in [0, 0.1) is 5.92 Å². The first-order chi connectivity index (χ1) is 10.6. The molecule has 1 amide bonds. The van der Waals surface area contributed by atoms with E-state index in [9.17, 15) is 9.59 Å². The Balaban J connectivity index is 1.97. The van der Waals surface area contributed by atoms with E-state index in [1.54, 1.807) is 7.11 Å². The van der Waals surface area contributed by atoms with Crippen LogP contribution in [0.3, 0.4) is 0 Å². The van der Waals surface area contributed by atoms with E-state index in [-0.39, 0.29) is 19.2 Å². The van der Waals surface area contributed by atoms with Crippen LogP contribution in [0.25, 0.3) is 0 Å². The number of likely N-dealkylation sites (tertiary alicyclic amines) is 1. The molecular formula is C16H21NO5. The minimum Gasteiger partial charge on any atom is -0.481 e. The number of carboxylic acid groups (broad SMARTS) is 1. The van der Waals surface area contributed by atoms with E-state index in [2.05, 4.69) is 0 Å². The second-order valence-corrected chi connectivity index (χ2v) is 5.41. The van der Waals surface area contributed by atoms with E-state index in [0.717, 1.165) is 5.56 Å². The van der Waals surface area contributed by atoms with Crippen molar-refractivity contribution in [3.8, 4) is 0 Å². The molecular weight excluding hydrogens is 286 g/mol. The summed E-state index contributed by atoms with van der Waals surface area (Å²) in [4.78, 5) is 24.9. The highest BCUT2D eigenvalue weighted by molar-refractivity contribution is 5.73. The Morgan fingerprint density at radius 1 is 1.27 bits per heavy atom. The molecule has 1 heterocycles. The summed E-state index contributed by atoms with van der Waals surface area (Å²) in [6.07, 6.45) is 0.661. The van der Waals surface area contributed by atoms with Gasteiger partial charge in [0.1, 0.15) is 6.61 Å². The first kappa shape index (κ1) is 16.3. The van der Waals surface area contributed by atoms with E-state index in [1.165, 1.54) is 4.90 Å². The summed E-state index contributed by atoms with van der Waals surface area (Å²) in [5.41, 5.74) is 0.894. The van der Waals surface area contributed by atoms with Gasteiger partial charge >= 0.3 is 12.1 Å². The molecule has 6 nitrogen and oxygen atoms in total. The SMILES string of the molecule is COCC1CCC(C(=O)O)CN1C(=O)OCc1ccccc1. The first-order valence-corrected chi connectivity index (χ1v) is 7.31. The number of carboxylic acids is 1. The highest BCUT2D eigenvalue weighted by atomic mass is 16.6. The van der Waals surface area contributed by atoms with E-state index in [1.807, 2.05) is 30.3 Å². The summed E-state index contributed by atoms with van der Waals surface area (Å²) in [6.45, 7) is 0.720. The zero-order chi connectivity index (χ0) is 15.9. The Morgan fingerprint density at radius 2 is 2.00 bits per heavy atom. The molecule has 0 aliphatic carbocycles. The lowest BCUT2D eigenvalue weighted by Crippen LogP contribution is -2.50. The van der Waals surface area contributed by atoms with Gasteiger partial charge in [-0.3, -0.25) is 4.79 Å². The Hall–Kier alpha value is -2.08. The standard InChI is InChI=1S/C16H21NO5/c1-21-11-14-8-7-13(15(18)19)9-17(14)16(20)22-10-12-5-3-2-4-6-12/h2-6,13-14H,7-11H2,1H3,(H,18,19). The van der Waals surface area contributed by atoms with Crippen LogP contribution in [0.5, 0.6) is 0 Å². The van der Waals surface area contributed by atoms with Crippen LogP contribution in [0.4, 0.5) is 4.79 Å². The van der Waals surface area contributed by atoms with Crippen molar-refractivity contribution < 1.29 is 24.2 Å². The number of rotatable bonds is 5. The molecule has 6 heteroatoms. The monoisotopic (exact) mass is 307 g/mol. The highest BCUT2D eigenvalue weighted by Crippen LogP contribution is 2.23. The van der Waals surface area contributed by atoms with Gasteiger partial charge in [-0.1, -0.05) is 30.3 Å². The summed E-state index contributed by atoms with van der Waals surface area (Å²) < 4.78 is 10.4. The number of methoxy groups -OCH3 is 1. The maximum absolute atomic E-state index is 12.3. The number of piperidine rings is 1. The molecule has 0 radical (unpaired) electrons. The van der Waals surface area contributed by atoms with Gasteiger partial charge in [-0.25, -0.2) is 4.79 Å². The molecule has 1 aromatic rings. The normalized spacial score (nSPS) is 21.4. The maximum Gasteiger partial charge on any atom is 0.410 e. The van der Waals surface area contributed by atoms with E-state index in [4.69, 9.17) is 14.6 Å². The molecule has 0 saturated carbocycles. The lowest BCUT2D eigenvalue weighted by Gasteiger charge is -2.37. The second kappa shape index (κ2) is 7.79. The van der Waals surface area contributed by atoms with Crippen molar-refractivity contribution in [2.45, 2.75) is 25.5 Å². The number of carbonyl (C=O) groups is 2. The van der Waals surface area contributed by atoms with Crippen molar-refractivity contribution in [3.05, 3.63) is 35.9 Å². The van der Waals surface area contributed by atoms with Crippen LogP contribution < -0.4 is 0 Å². The van der Waals surface area contributed by atoms with Gasteiger partial charge in [0, 0.05) is 13.7 Å². The molecule has 1 aliphatic rings. The molecule has 2 rings (SSSR count). The fourth-order valence-corrected chi connectivity index (χ4v) is 2.62. The predicted octanol–water partition coefficient (Wildman–Crippen LogP) is 2.13. The quantitative estimate of drug-likeness (QED) is 0.902. The number of benzene rings is 1. The number of aliphatic carboxylic acids is 1. The number of ether oxygens (including phenoxy) is 2. The van der Waals surface area contributed by atoms with Crippen LogP contribution >= 0.6 is 0 Å². The van der Waals surface area contributed by atoms with Gasteiger partial charge in [-0.15, -0.1) is 0 Å². The average molecular weight is 307 g/mol. The second-order valence-electron chi connectivity index (χ2n) is 5.41.